The summed E-state index contributed by atoms with van der Waals surface area (Å²) in [5, 5.41) is 10.9. The molecule has 0 aliphatic heterocycles. The number of carboxylic acids is 1. The maximum atomic E-state index is 10.9. The molecule has 0 aromatic heterocycles. The van der Waals surface area contributed by atoms with E-state index in [1.165, 1.54) is 0 Å². The zero-order valence-corrected chi connectivity index (χ0v) is 11.3. The van der Waals surface area contributed by atoms with Crippen LogP contribution in [0.25, 0.3) is 0 Å². The monoisotopic (exact) mass is 248 g/mol. The molecule has 0 fully saturated rings. The van der Waals surface area contributed by atoms with Gasteiger partial charge >= 0.3 is 0 Å². The van der Waals surface area contributed by atoms with Crippen molar-refractivity contribution in [1.29, 1.82) is 0 Å². The van der Waals surface area contributed by atoms with Crippen LogP contribution in [-0.4, -0.2) is 19.1 Å². The van der Waals surface area contributed by atoms with E-state index in [4.69, 9.17) is 0 Å². The van der Waals surface area contributed by atoms with E-state index in [2.05, 4.69) is 18.7 Å². The molecule has 0 amide bonds. The van der Waals surface area contributed by atoms with Crippen molar-refractivity contribution in [2.75, 3.05) is 18.0 Å². The number of aromatic carboxylic acids is 1. The SMILES string of the molecule is CCCCN(CCCC)c1cccc(C(=O)[O-])c1. The number of rotatable bonds is 8. The number of hydrogen-bond donors (Lipinski definition) is 0. The first-order valence-electron chi connectivity index (χ1n) is 6.75. The lowest BCUT2D eigenvalue weighted by Gasteiger charge is -2.25. The van der Waals surface area contributed by atoms with Crippen LogP contribution in [0.4, 0.5) is 5.69 Å². The van der Waals surface area contributed by atoms with Gasteiger partial charge in [0.15, 0.2) is 0 Å². The molecule has 0 aliphatic rings. The molecule has 0 unspecified atom stereocenters. The number of unbranched alkanes of at least 4 members (excludes halogenated alkanes) is 2. The summed E-state index contributed by atoms with van der Waals surface area (Å²) in [7, 11) is 0. The molecular formula is C15H22NO2-. The molecule has 0 aliphatic carbocycles. The Balaban J connectivity index is 2.82. The number of hydrogen-bond acceptors (Lipinski definition) is 3. The van der Waals surface area contributed by atoms with Crippen molar-refractivity contribution >= 4 is 11.7 Å². The maximum Gasteiger partial charge on any atom is 0.0716 e. The molecule has 1 rings (SSSR count). The van der Waals surface area contributed by atoms with Crippen LogP contribution in [0.15, 0.2) is 24.3 Å². The lowest BCUT2D eigenvalue weighted by Crippen LogP contribution is -2.27. The molecular weight excluding hydrogens is 226 g/mol. The minimum Gasteiger partial charge on any atom is -0.545 e. The third-order valence-corrected chi connectivity index (χ3v) is 3.01. The largest absolute Gasteiger partial charge is 0.545 e. The number of benzene rings is 1. The summed E-state index contributed by atoms with van der Waals surface area (Å²) in [4.78, 5) is 13.1. The lowest BCUT2D eigenvalue weighted by atomic mass is 10.1. The van der Waals surface area contributed by atoms with Gasteiger partial charge in [-0.3, -0.25) is 0 Å². The third kappa shape index (κ3) is 4.40. The van der Waals surface area contributed by atoms with E-state index < -0.39 is 5.97 Å². The highest BCUT2D eigenvalue weighted by atomic mass is 16.4. The van der Waals surface area contributed by atoms with E-state index >= 15 is 0 Å². The molecule has 0 saturated heterocycles. The van der Waals surface area contributed by atoms with E-state index in [9.17, 15) is 9.90 Å². The second-order valence-corrected chi connectivity index (χ2v) is 4.53. The minimum atomic E-state index is -1.11. The van der Waals surface area contributed by atoms with E-state index in [0.717, 1.165) is 44.5 Å². The van der Waals surface area contributed by atoms with Crippen LogP contribution in [0.3, 0.4) is 0 Å². The highest BCUT2D eigenvalue weighted by Crippen LogP contribution is 2.17. The average molecular weight is 248 g/mol. The zero-order valence-electron chi connectivity index (χ0n) is 11.3. The normalized spacial score (nSPS) is 10.3. The first-order chi connectivity index (χ1) is 8.69. The molecule has 1 aromatic rings. The van der Waals surface area contributed by atoms with Gasteiger partial charge in [-0.15, -0.1) is 0 Å². The van der Waals surface area contributed by atoms with Crippen LogP contribution in [0.5, 0.6) is 0 Å². The zero-order chi connectivity index (χ0) is 13.4. The summed E-state index contributed by atoms with van der Waals surface area (Å²) in [6.45, 7) is 6.28. The summed E-state index contributed by atoms with van der Waals surface area (Å²) in [6, 6.07) is 7.04. The number of nitrogens with zero attached hydrogens (tertiary/aromatic N) is 1. The Hall–Kier alpha value is -1.51. The molecule has 3 heteroatoms. The Bertz CT molecular complexity index is 369. The molecule has 0 heterocycles. The first-order valence-corrected chi connectivity index (χ1v) is 6.75. The van der Waals surface area contributed by atoms with E-state index in [-0.39, 0.29) is 5.56 Å². The second-order valence-electron chi connectivity index (χ2n) is 4.53. The molecule has 100 valence electrons. The van der Waals surface area contributed by atoms with E-state index in [1.54, 1.807) is 18.2 Å². The van der Waals surface area contributed by atoms with Gasteiger partial charge in [0.1, 0.15) is 0 Å². The van der Waals surface area contributed by atoms with Crippen molar-refractivity contribution in [2.24, 2.45) is 0 Å². The minimum absolute atomic E-state index is 0.255. The summed E-state index contributed by atoms with van der Waals surface area (Å²) >= 11 is 0. The number of carboxylic acid groups (broad SMARTS) is 1. The van der Waals surface area contributed by atoms with Crippen molar-refractivity contribution in [2.45, 2.75) is 39.5 Å². The summed E-state index contributed by atoms with van der Waals surface area (Å²) < 4.78 is 0. The van der Waals surface area contributed by atoms with Crippen molar-refractivity contribution in [3.8, 4) is 0 Å². The summed E-state index contributed by atoms with van der Waals surface area (Å²) in [5.41, 5.74) is 1.24. The van der Waals surface area contributed by atoms with Crippen LogP contribution in [0, 0.1) is 0 Å². The van der Waals surface area contributed by atoms with Crippen molar-refractivity contribution in [3.63, 3.8) is 0 Å². The predicted octanol–water partition coefficient (Wildman–Crippen LogP) is 2.46. The Morgan fingerprint density at radius 1 is 1.17 bits per heavy atom. The van der Waals surface area contributed by atoms with E-state index in [0.29, 0.717) is 0 Å². The van der Waals surface area contributed by atoms with Gasteiger partial charge in [0, 0.05) is 18.8 Å². The van der Waals surface area contributed by atoms with Gasteiger partial charge in [0.2, 0.25) is 0 Å². The fourth-order valence-corrected chi connectivity index (χ4v) is 1.90. The van der Waals surface area contributed by atoms with Gasteiger partial charge in [0.25, 0.3) is 0 Å². The number of carbonyl (C=O) groups excluding carboxylic acids is 1. The molecule has 0 saturated carbocycles. The molecule has 1 aromatic carbocycles. The number of carbonyl (C=O) groups is 1. The van der Waals surface area contributed by atoms with Crippen LogP contribution < -0.4 is 10.0 Å². The van der Waals surface area contributed by atoms with Crippen LogP contribution in [0.2, 0.25) is 0 Å². The standard InChI is InChI=1S/C15H23NO2/c1-3-5-10-16(11-6-4-2)14-9-7-8-13(12-14)15(17)18/h7-9,12H,3-6,10-11H2,1-2H3,(H,17,18)/p-1. The van der Waals surface area contributed by atoms with E-state index in [1.807, 2.05) is 6.07 Å². The van der Waals surface area contributed by atoms with Crippen LogP contribution in [0.1, 0.15) is 49.9 Å². The smallest absolute Gasteiger partial charge is 0.0716 e. The van der Waals surface area contributed by atoms with Gasteiger partial charge < -0.3 is 14.8 Å². The van der Waals surface area contributed by atoms with Gasteiger partial charge in [-0.2, -0.15) is 0 Å². The molecule has 0 atom stereocenters. The highest BCUT2D eigenvalue weighted by Gasteiger charge is 2.06. The third-order valence-electron chi connectivity index (χ3n) is 3.01. The Kier molecular flexibility index (Phi) is 6.26. The molecule has 0 spiro atoms. The highest BCUT2D eigenvalue weighted by molar-refractivity contribution is 5.87. The van der Waals surface area contributed by atoms with Crippen LogP contribution in [-0.2, 0) is 0 Å². The summed E-state index contributed by atoms with van der Waals surface area (Å²) in [5.74, 6) is -1.11. The first kappa shape index (κ1) is 14.6. The molecule has 0 radical (unpaired) electrons. The summed E-state index contributed by atoms with van der Waals surface area (Å²) in [6.07, 6.45) is 4.53. The maximum absolute atomic E-state index is 10.9. The van der Waals surface area contributed by atoms with Crippen molar-refractivity contribution < 1.29 is 9.90 Å². The van der Waals surface area contributed by atoms with Crippen molar-refractivity contribution in [3.05, 3.63) is 29.8 Å². The number of anilines is 1. The van der Waals surface area contributed by atoms with Gasteiger partial charge in [-0.05, 0) is 30.5 Å². The molecule has 0 N–H and O–H groups in total. The molecule has 18 heavy (non-hydrogen) atoms. The average Bonchev–Trinajstić information content (AvgIpc) is 2.39. The Labute approximate surface area is 109 Å². The fraction of sp³-hybridized carbons (Fsp3) is 0.533. The van der Waals surface area contributed by atoms with Crippen LogP contribution >= 0.6 is 0 Å². The fourth-order valence-electron chi connectivity index (χ4n) is 1.90. The Morgan fingerprint density at radius 2 is 1.78 bits per heavy atom. The van der Waals surface area contributed by atoms with Crippen molar-refractivity contribution in [1.82, 2.24) is 0 Å². The van der Waals surface area contributed by atoms with Gasteiger partial charge in [-0.1, -0.05) is 38.8 Å². The Morgan fingerprint density at radius 3 is 2.28 bits per heavy atom. The second kappa shape index (κ2) is 7.75. The topological polar surface area (TPSA) is 43.4 Å². The predicted molar refractivity (Wildman–Crippen MR) is 72.8 cm³/mol. The van der Waals surface area contributed by atoms with Gasteiger partial charge in [-0.25, -0.2) is 0 Å². The lowest BCUT2D eigenvalue weighted by molar-refractivity contribution is -0.255. The quantitative estimate of drug-likeness (QED) is 0.709. The molecule has 3 nitrogen and oxygen atoms in total. The molecule has 0 bridgehead atoms. The van der Waals surface area contributed by atoms with Gasteiger partial charge in [0.05, 0.1) is 5.97 Å².